The van der Waals surface area contributed by atoms with Crippen molar-refractivity contribution in [2.75, 3.05) is 11.9 Å². The number of urea groups is 1. The highest BCUT2D eigenvalue weighted by atomic mass is 16.2. The lowest BCUT2D eigenvalue weighted by atomic mass is 10.00. The summed E-state index contributed by atoms with van der Waals surface area (Å²) in [6.45, 7) is 6.14. The quantitative estimate of drug-likeness (QED) is 0.388. The number of imidazole rings is 1. The predicted molar refractivity (Wildman–Crippen MR) is 132 cm³/mol. The Morgan fingerprint density at radius 1 is 1.09 bits per heavy atom. The van der Waals surface area contributed by atoms with E-state index in [9.17, 15) is 14.4 Å². The molecule has 0 bridgehead atoms. The highest BCUT2D eigenvalue weighted by molar-refractivity contribution is 5.98. The van der Waals surface area contributed by atoms with Gasteiger partial charge in [-0.3, -0.25) is 19.9 Å². The van der Waals surface area contributed by atoms with Crippen molar-refractivity contribution in [3.05, 3.63) is 64.7 Å². The van der Waals surface area contributed by atoms with Gasteiger partial charge >= 0.3 is 6.03 Å². The van der Waals surface area contributed by atoms with Crippen LogP contribution in [-0.2, 0) is 11.3 Å². The summed E-state index contributed by atoms with van der Waals surface area (Å²) >= 11 is 0. The number of aromatic nitrogens is 4. The Balaban J connectivity index is 1.83. The van der Waals surface area contributed by atoms with E-state index in [1.807, 2.05) is 44.2 Å². The molecule has 0 fully saturated rings. The SMILES string of the molecule is CCNC(=O)Nc1nc2c(-c3cc(C)ccn3)cc(-c3ccn(CC(=O)CC)c(=O)c3)cc2[nH]1. The number of carbonyl (C=O) groups excluding carboxylic acids is 2. The van der Waals surface area contributed by atoms with E-state index in [1.54, 1.807) is 19.3 Å². The topological polar surface area (TPSA) is 122 Å². The first kappa shape index (κ1) is 22.9. The van der Waals surface area contributed by atoms with Crippen molar-refractivity contribution in [2.24, 2.45) is 0 Å². The fraction of sp³-hybridized carbons (Fsp3) is 0.240. The molecule has 0 unspecified atom stereocenters. The monoisotopic (exact) mass is 458 g/mol. The molecule has 0 aliphatic heterocycles. The molecule has 174 valence electrons. The summed E-state index contributed by atoms with van der Waals surface area (Å²) in [5.74, 6) is 0.300. The summed E-state index contributed by atoms with van der Waals surface area (Å²) in [5.41, 5.74) is 5.11. The van der Waals surface area contributed by atoms with Crippen molar-refractivity contribution in [3.63, 3.8) is 0 Å². The molecule has 0 atom stereocenters. The van der Waals surface area contributed by atoms with Gasteiger partial charge in [-0.15, -0.1) is 0 Å². The zero-order valence-corrected chi connectivity index (χ0v) is 19.3. The third-order valence-electron chi connectivity index (χ3n) is 5.42. The summed E-state index contributed by atoms with van der Waals surface area (Å²) in [6, 6.07) is 10.6. The molecular formula is C25H26N6O3. The van der Waals surface area contributed by atoms with Crippen molar-refractivity contribution in [1.29, 1.82) is 0 Å². The van der Waals surface area contributed by atoms with Crippen LogP contribution in [0.2, 0.25) is 0 Å². The minimum absolute atomic E-state index is 0.00585. The number of ketones is 1. The molecule has 4 rings (SSSR count). The first-order valence-corrected chi connectivity index (χ1v) is 11.1. The molecule has 0 saturated carbocycles. The summed E-state index contributed by atoms with van der Waals surface area (Å²) < 4.78 is 1.40. The second kappa shape index (κ2) is 9.70. The molecule has 0 radical (unpaired) electrons. The molecule has 0 aliphatic rings. The first-order chi connectivity index (χ1) is 16.4. The Morgan fingerprint density at radius 2 is 1.91 bits per heavy atom. The molecule has 0 aliphatic carbocycles. The van der Waals surface area contributed by atoms with Gasteiger partial charge in [0.25, 0.3) is 5.56 Å². The van der Waals surface area contributed by atoms with Crippen molar-refractivity contribution < 1.29 is 9.59 Å². The number of rotatable bonds is 7. The van der Waals surface area contributed by atoms with E-state index in [2.05, 4.69) is 25.6 Å². The van der Waals surface area contributed by atoms with Crippen LogP contribution in [0.1, 0.15) is 25.8 Å². The fourth-order valence-corrected chi connectivity index (χ4v) is 3.65. The molecule has 1 aromatic carbocycles. The van der Waals surface area contributed by atoms with E-state index in [0.717, 1.165) is 22.4 Å². The Labute approximate surface area is 196 Å². The van der Waals surface area contributed by atoms with Crippen LogP contribution in [0.15, 0.2) is 53.6 Å². The number of pyridine rings is 2. The number of benzene rings is 1. The van der Waals surface area contributed by atoms with E-state index in [4.69, 9.17) is 0 Å². The minimum Gasteiger partial charge on any atom is -0.338 e. The summed E-state index contributed by atoms with van der Waals surface area (Å²) in [6.07, 6.45) is 3.74. The maximum atomic E-state index is 12.6. The largest absolute Gasteiger partial charge is 0.338 e. The number of H-pyrrole nitrogens is 1. The molecular weight excluding hydrogens is 432 g/mol. The number of fused-ring (bicyclic) bond motifs is 1. The number of nitrogens with zero attached hydrogens (tertiary/aromatic N) is 3. The van der Waals surface area contributed by atoms with Crippen LogP contribution in [0.5, 0.6) is 0 Å². The van der Waals surface area contributed by atoms with Crippen LogP contribution in [0, 0.1) is 6.92 Å². The number of hydrogen-bond donors (Lipinski definition) is 3. The molecule has 9 heteroatoms. The normalized spacial score (nSPS) is 10.9. The van der Waals surface area contributed by atoms with Gasteiger partial charge in [0.15, 0.2) is 5.78 Å². The Morgan fingerprint density at radius 3 is 2.62 bits per heavy atom. The Hall–Kier alpha value is -4.27. The van der Waals surface area contributed by atoms with Crippen LogP contribution < -0.4 is 16.2 Å². The standard InChI is InChI=1S/C25H26N6O3/c1-4-18(32)14-31-9-7-16(13-22(31)33)17-11-19(20-10-15(3)6-8-27-20)23-21(12-17)28-24(29-23)30-25(34)26-5-2/h6-13H,4-5,14H2,1-3H3,(H3,26,28,29,30,34). The van der Waals surface area contributed by atoms with E-state index >= 15 is 0 Å². The van der Waals surface area contributed by atoms with E-state index in [1.165, 1.54) is 10.6 Å². The smallest absolute Gasteiger partial charge is 0.321 e. The number of hydrogen-bond acceptors (Lipinski definition) is 5. The maximum Gasteiger partial charge on any atom is 0.321 e. The first-order valence-electron chi connectivity index (χ1n) is 11.1. The Bertz CT molecular complexity index is 1440. The number of anilines is 1. The number of aromatic amines is 1. The predicted octanol–water partition coefficient (Wildman–Crippen LogP) is 3.88. The zero-order valence-electron chi connectivity index (χ0n) is 19.3. The zero-order chi connectivity index (χ0) is 24.2. The highest BCUT2D eigenvalue weighted by Crippen LogP contribution is 2.33. The third-order valence-corrected chi connectivity index (χ3v) is 5.42. The lowest BCUT2D eigenvalue weighted by Crippen LogP contribution is -2.28. The van der Waals surface area contributed by atoms with Gasteiger partial charge in [-0.25, -0.2) is 9.78 Å². The average molecular weight is 459 g/mol. The number of aryl methyl sites for hydroxylation is 1. The molecule has 0 saturated heterocycles. The number of amides is 2. The molecule has 4 aromatic rings. The second-order valence-electron chi connectivity index (χ2n) is 7.98. The van der Waals surface area contributed by atoms with Crippen molar-refractivity contribution in [1.82, 2.24) is 24.8 Å². The van der Waals surface area contributed by atoms with Crippen LogP contribution in [-0.4, -0.2) is 37.9 Å². The summed E-state index contributed by atoms with van der Waals surface area (Å²) in [4.78, 5) is 48.6. The van der Waals surface area contributed by atoms with Gasteiger partial charge in [0.2, 0.25) is 5.95 Å². The molecule has 2 amide bonds. The van der Waals surface area contributed by atoms with Crippen LogP contribution in [0.4, 0.5) is 10.7 Å². The van der Waals surface area contributed by atoms with Crippen LogP contribution in [0.25, 0.3) is 33.4 Å². The summed E-state index contributed by atoms with van der Waals surface area (Å²) in [7, 11) is 0. The molecule has 3 heterocycles. The molecule has 3 aromatic heterocycles. The van der Waals surface area contributed by atoms with Crippen LogP contribution >= 0.6 is 0 Å². The molecule has 34 heavy (non-hydrogen) atoms. The number of nitrogens with one attached hydrogen (secondary N) is 3. The van der Waals surface area contributed by atoms with Gasteiger partial charge < -0.3 is 14.9 Å². The molecule has 9 nitrogen and oxygen atoms in total. The van der Waals surface area contributed by atoms with Gasteiger partial charge in [0.05, 0.1) is 23.3 Å². The lowest BCUT2D eigenvalue weighted by molar-refractivity contribution is -0.119. The van der Waals surface area contributed by atoms with Gasteiger partial charge in [-0.2, -0.15) is 0 Å². The summed E-state index contributed by atoms with van der Waals surface area (Å²) in [5, 5.41) is 5.37. The van der Waals surface area contributed by atoms with Gasteiger partial charge in [-0.1, -0.05) is 6.92 Å². The fourth-order valence-electron chi connectivity index (χ4n) is 3.65. The molecule has 0 spiro atoms. The van der Waals surface area contributed by atoms with E-state index < -0.39 is 0 Å². The molecule has 3 N–H and O–H groups in total. The van der Waals surface area contributed by atoms with Gasteiger partial charge in [-0.05, 0) is 60.9 Å². The third kappa shape index (κ3) is 4.88. The number of Topliss-reactive ketones (excluding diaryl/α,β-unsaturated/α-hetero) is 1. The second-order valence-corrected chi connectivity index (χ2v) is 7.98. The van der Waals surface area contributed by atoms with Gasteiger partial charge in [0, 0.05) is 37.0 Å². The van der Waals surface area contributed by atoms with Crippen molar-refractivity contribution in [3.8, 4) is 22.4 Å². The average Bonchev–Trinajstić information content (AvgIpc) is 3.21. The van der Waals surface area contributed by atoms with Crippen molar-refractivity contribution in [2.45, 2.75) is 33.7 Å². The highest BCUT2D eigenvalue weighted by Gasteiger charge is 2.15. The minimum atomic E-state index is -0.359. The lowest BCUT2D eigenvalue weighted by Gasteiger charge is -2.09. The van der Waals surface area contributed by atoms with Crippen molar-refractivity contribution >= 4 is 28.8 Å². The Kier molecular flexibility index (Phi) is 6.53. The van der Waals surface area contributed by atoms with E-state index in [-0.39, 0.29) is 23.9 Å². The van der Waals surface area contributed by atoms with Crippen LogP contribution in [0.3, 0.4) is 0 Å². The van der Waals surface area contributed by atoms with E-state index in [0.29, 0.717) is 35.5 Å². The maximum absolute atomic E-state index is 12.6. The van der Waals surface area contributed by atoms with Gasteiger partial charge in [0.1, 0.15) is 0 Å². The number of carbonyl (C=O) groups is 2.